The van der Waals surface area contributed by atoms with Crippen molar-refractivity contribution in [1.29, 1.82) is 0 Å². The van der Waals surface area contributed by atoms with Crippen molar-refractivity contribution in [3.8, 4) is 11.5 Å². The second-order valence-corrected chi connectivity index (χ2v) is 7.92. The summed E-state index contributed by atoms with van der Waals surface area (Å²) in [6, 6.07) is 17.2. The number of anilines is 1. The quantitative estimate of drug-likeness (QED) is 0.402. The van der Waals surface area contributed by atoms with Crippen LogP contribution in [0.4, 0.5) is 11.4 Å². The van der Waals surface area contributed by atoms with Gasteiger partial charge in [0.15, 0.2) is 18.1 Å². The van der Waals surface area contributed by atoms with Crippen molar-refractivity contribution in [2.24, 2.45) is 4.99 Å². The van der Waals surface area contributed by atoms with E-state index in [1.54, 1.807) is 18.3 Å². The number of carbonyl (C=O) groups excluding carboxylic acids is 1. The molecule has 0 heterocycles. The molecule has 6 heteroatoms. The van der Waals surface area contributed by atoms with Crippen LogP contribution in [0.3, 0.4) is 0 Å². The number of aryl methyl sites for hydroxylation is 3. The molecule has 0 aliphatic rings. The highest BCUT2D eigenvalue weighted by Gasteiger charge is 2.14. The molecular weight excluding hydrogens is 424 g/mol. The molecule has 0 radical (unpaired) electrons. The van der Waals surface area contributed by atoms with Gasteiger partial charge < -0.3 is 14.8 Å². The summed E-state index contributed by atoms with van der Waals surface area (Å²) in [6.07, 6.45) is 1.74. The summed E-state index contributed by atoms with van der Waals surface area (Å²) in [6.45, 7) is 8.15. The van der Waals surface area contributed by atoms with E-state index in [1.165, 1.54) is 5.56 Å². The molecule has 166 valence electrons. The maximum Gasteiger partial charge on any atom is 0.262 e. The molecular formula is C26H27ClN2O3. The van der Waals surface area contributed by atoms with Gasteiger partial charge in [-0.05, 0) is 74.7 Å². The second kappa shape index (κ2) is 10.8. The molecule has 32 heavy (non-hydrogen) atoms. The molecule has 5 nitrogen and oxygen atoms in total. The summed E-state index contributed by atoms with van der Waals surface area (Å²) in [7, 11) is 0. The van der Waals surface area contributed by atoms with Crippen LogP contribution < -0.4 is 14.8 Å². The molecule has 0 aliphatic heterocycles. The fourth-order valence-corrected chi connectivity index (χ4v) is 3.49. The first-order valence-electron chi connectivity index (χ1n) is 10.4. The number of rotatable bonds is 8. The van der Waals surface area contributed by atoms with E-state index in [9.17, 15) is 4.79 Å². The van der Waals surface area contributed by atoms with Gasteiger partial charge in [0.25, 0.3) is 5.91 Å². The first-order chi connectivity index (χ1) is 15.4. The minimum absolute atomic E-state index is 0.191. The first kappa shape index (κ1) is 23.4. The minimum Gasteiger partial charge on any atom is -0.490 e. The predicted octanol–water partition coefficient (Wildman–Crippen LogP) is 6.43. The maximum atomic E-state index is 12.3. The van der Waals surface area contributed by atoms with Gasteiger partial charge in [-0.25, -0.2) is 0 Å². The lowest BCUT2D eigenvalue weighted by Gasteiger charge is -2.14. The van der Waals surface area contributed by atoms with Gasteiger partial charge in [0.2, 0.25) is 0 Å². The summed E-state index contributed by atoms with van der Waals surface area (Å²) >= 11 is 6.47. The number of ether oxygens (including phenoxy) is 2. The van der Waals surface area contributed by atoms with Crippen LogP contribution in [0, 0.1) is 20.8 Å². The lowest BCUT2D eigenvalue weighted by atomic mass is 10.1. The van der Waals surface area contributed by atoms with Gasteiger partial charge in [0.1, 0.15) is 0 Å². The Balaban J connectivity index is 1.74. The van der Waals surface area contributed by atoms with E-state index in [4.69, 9.17) is 21.1 Å². The molecule has 0 bridgehead atoms. The number of amides is 1. The standard InChI is InChI=1S/C26H27ClN2O3/c1-5-31-24-14-20(15-28-23-10-9-18(3)11-19(23)4)13-22(27)26(24)32-16-25(30)29-21-8-6-7-17(2)12-21/h6-15H,5,16H2,1-4H3,(H,29,30). The van der Waals surface area contributed by atoms with Gasteiger partial charge in [-0.2, -0.15) is 0 Å². The van der Waals surface area contributed by atoms with Crippen molar-refractivity contribution in [3.05, 3.63) is 81.9 Å². The number of nitrogens with zero attached hydrogens (tertiary/aromatic N) is 1. The Labute approximate surface area is 194 Å². The topological polar surface area (TPSA) is 59.9 Å². The highest BCUT2D eigenvalue weighted by atomic mass is 35.5. The zero-order valence-electron chi connectivity index (χ0n) is 18.7. The van der Waals surface area contributed by atoms with Crippen LogP contribution in [-0.2, 0) is 4.79 Å². The second-order valence-electron chi connectivity index (χ2n) is 7.52. The number of aliphatic imine (C=N–C) groups is 1. The Morgan fingerprint density at radius 3 is 2.53 bits per heavy atom. The van der Waals surface area contributed by atoms with Crippen LogP contribution in [0.5, 0.6) is 11.5 Å². The number of benzene rings is 3. The molecule has 1 N–H and O–H groups in total. The Hall–Kier alpha value is -3.31. The molecule has 3 rings (SSSR count). The molecule has 0 unspecified atom stereocenters. The minimum atomic E-state index is -0.283. The number of hydrogen-bond donors (Lipinski definition) is 1. The maximum absolute atomic E-state index is 12.3. The molecule has 1 amide bonds. The van der Waals surface area contributed by atoms with Crippen LogP contribution in [0.15, 0.2) is 59.6 Å². The Kier molecular flexibility index (Phi) is 7.90. The van der Waals surface area contributed by atoms with Crippen LogP contribution in [-0.4, -0.2) is 25.3 Å². The summed E-state index contributed by atoms with van der Waals surface area (Å²) in [4.78, 5) is 16.9. The van der Waals surface area contributed by atoms with E-state index < -0.39 is 0 Å². The van der Waals surface area contributed by atoms with Gasteiger partial charge in [0.05, 0.1) is 17.3 Å². The van der Waals surface area contributed by atoms with E-state index >= 15 is 0 Å². The number of carbonyl (C=O) groups is 1. The van der Waals surface area contributed by atoms with Crippen LogP contribution in [0.25, 0.3) is 0 Å². The van der Waals surface area contributed by atoms with Crippen molar-refractivity contribution in [3.63, 3.8) is 0 Å². The fraction of sp³-hybridized carbons (Fsp3) is 0.231. The van der Waals surface area contributed by atoms with E-state index in [2.05, 4.69) is 23.3 Å². The first-order valence-corrected chi connectivity index (χ1v) is 10.8. The Morgan fingerprint density at radius 1 is 1.03 bits per heavy atom. The van der Waals surface area contributed by atoms with Gasteiger partial charge in [0, 0.05) is 11.9 Å². The highest BCUT2D eigenvalue weighted by Crippen LogP contribution is 2.36. The van der Waals surface area contributed by atoms with E-state index in [0.717, 1.165) is 22.4 Å². The summed E-state index contributed by atoms with van der Waals surface area (Å²) in [5, 5.41) is 3.16. The van der Waals surface area contributed by atoms with Crippen molar-refractivity contribution in [2.45, 2.75) is 27.7 Å². The summed E-state index contributed by atoms with van der Waals surface area (Å²) in [5.41, 5.74) is 5.72. The van der Waals surface area contributed by atoms with Crippen LogP contribution >= 0.6 is 11.6 Å². The van der Waals surface area contributed by atoms with Crippen LogP contribution in [0.1, 0.15) is 29.2 Å². The van der Waals surface area contributed by atoms with Gasteiger partial charge in [-0.3, -0.25) is 9.79 Å². The zero-order valence-corrected chi connectivity index (χ0v) is 19.5. The SMILES string of the molecule is CCOc1cc(C=Nc2ccc(C)cc2C)cc(Cl)c1OCC(=O)Nc1cccc(C)c1. The molecule has 3 aromatic carbocycles. The molecule has 0 atom stereocenters. The van der Waals surface area contributed by atoms with Crippen molar-refractivity contribution in [2.75, 3.05) is 18.5 Å². The fourth-order valence-electron chi connectivity index (χ4n) is 3.22. The molecule has 0 spiro atoms. The summed E-state index contributed by atoms with van der Waals surface area (Å²) in [5.74, 6) is 0.511. The smallest absolute Gasteiger partial charge is 0.262 e. The molecule has 0 fully saturated rings. The third-order valence-corrected chi connectivity index (χ3v) is 4.97. The van der Waals surface area contributed by atoms with E-state index in [1.807, 2.05) is 57.2 Å². The molecule has 0 aliphatic carbocycles. The average molecular weight is 451 g/mol. The number of halogens is 1. The van der Waals surface area contributed by atoms with Crippen LogP contribution in [0.2, 0.25) is 5.02 Å². The van der Waals surface area contributed by atoms with Gasteiger partial charge in [-0.15, -0.1) is 0 Å². The third-order valence-electron chi connectivity index (χ3n) is 4.69. The molecule has 0 saturated carbocycles. The van der Waals surface area contributed by atoms with E-state index in [0.29, 0.717) is 28.8 Å². The zero-order chi connectivity index (χ0) is 23.1. The predicted molar refractivity (Wildman–Crippen MR) is 131 cm³/mol. The lowest BCUT2D eigenvalue weighted by molar-refractivity contribution is -0.118. The van der Waals surface area contributed by atoms with Crippen molar-refractivity contribution < 1.29 is 14.3 Å². The van der Waals surface area contributed by atoms with E-state index in [-0.39, 0.29) is 12.5 Å². The van der Waals surface area contributed by atoms with Gasteiger partial charge in [-0.1, -0.05) is 41.4 Å². The number of nitrogens with one attached hydrogen (secondary N) is 1. The molecule has 0 saturated heterocycles. The molecule has 0 aromatic heterocycles. The summed E-state index contributed by atoms with van der Waals surface area (Å²) < 4.78 is 11.4. The van der Waals surface area contributed by atoms with Gasteiger partial charge >= 0.3 is 0 Å². The molecule has 3 aromatic rings. The Bertz CT molecular complexity index is 1140. The number of hydrogen-bond acceptors (Lipinski definition) is 4. The normalized spacial score (nSPS) is 10.9. The highest BCUT2D eigenvalue weighted by molar-refractivity contribution is 6.32. The van der Waals surface area contributed by atoms with Crippen molar-refractivity contribution in [1.82, 2.24) is 0 Å². The Morgan fingerprint density at radius 2 is 1.81 bits per heavy atom. The largest absolute Gasteiger partial charge is 0.490 e. The lowest BCUT2D eigenvalue weighted by Crippen LogP contribution is -2.20. The van der Waals surface area contributed by atoms with Crippen molar-refractivity contribution >= 4 is 35.1 Å². The third kappa shape index (κ3) is 6.34. The monoisotopic (exact) mass is 450 g/mol. The average Bonchev–Trinajstić information content (AvgIpc) is 2.73.